The first-order valence-electron chi connectivity index (χ1n) is 38.4. The average molecular weight is 1660 g/mol. The number of hydrogen-bond donors (Lipinski definition) is 0. The van der Waals surface area contributed by atoms with Gasteiger partial charge in [-0.25, -0.2) is 54.8 Å². The van der Waals surface area contributed by atoms with Crippen molar-refractivity contribution in [2.45, 2.75) is 272 Å². The molecule has 0 atom stereocenters. The summed E-state index contributed by atoms with van der Waals surface area (Å²) in [7, 11) is 0. The van der Waals surface area contributed by atoms with Gasteiger partial charge in [-0.15, -0.1) is 56.7 Å². The van der Waals surface area contributed by atoms with Crippen molar-refractivity contribution in [1.82, 2.24) is 54.8 Å². The number of nitrogens with zero attached hydrogens (tertiary/aromatic N) is 11. The molecule has 0 unspecified atom stereocenters. The second-order valence-corrected chi connectivity index (χ2v) is 45.4. The van der Waals surface area contributed by atoms with Crippen molar-refractivity contribution in [2.75, 3.05) is 0 Å². The topological polar surface area (TPSA) is 142 Å². The first-order chi connectivity index (χ1) is 51.7. The molecule has 113 heavy (non-hydrogen) atoms. The van der Waals surface area contributed by atoms with Gasteiger partial charge in [-0.1, -0.05) is 238 Å². The molecule has 11 heterocycles. The third kappa shape index (κ3) is 25.3. The van der Waals surface area contributed by atoms with E-state index in [1.165, 1.54) is 76.4 Å². The minimum Gasteiger partial charge on any atom is -0.241 e. The number of aryl methyl sites for hydroxylation is 8. The number of fused-ring (bicyclic) bond motifs is 8. The van der Waals surface area contributed by atoms with Crippen molar-refractivity contribution in [3.63, 3.8) is 0 Å². The molecule has 0 bridgehead atoms. The summed E-state index contributed by atoms with van der Waals surface area (Å²) in [5.41, 5.74) is 19.6. The van der Waals surface area contributed by atoms with Gasteiger partial charge in [0.1, 0.15) is 46.1 Å². The Balaban J connectivity index is 0.000000162. The van der Waals surface area contributed by atoms with Crippen molar-refractivity contribution < 1.29 is 0 Å². The van der Waals surface area contributed by atoms with E-state index >= 15 is 0 Å². The van der Waals surface area contributed by atoms with Crippen LogP contribution >= 0.6 is 90.7 Å². The maximum absolute atomic E-state index is 4.64. The summed E-state index contributed by atoms with van der Waals surface area (Å²) in [6, 6.07) is 44.3. The fraction of sp³-hybridized carbons (Fsp3) is 0.436. The Labute approximate surface area is 706 Å². The smallest absolute Gasteiger partial charge is 0.143 e. The monoisotopic (exact) mass is 1660 g/mol. The van der Waals surface area contributed by atoms with Crippen molar-refractivity contribution in [1.29, 1.82) is 0 Å². The standard InChI is InChI=1S/5C12H15NS.3C11H14N2S.CH4/c5*1-8-5-6-9-10(7-8)14-11(13-9)12(2,3)4;3*1-7-5-6-8-9(12-7)14-10(13-8)11(2,3)4;/h5*5-7H,1-4H3;3*5-6H,1-4H3;1H4. The predicted molar refractivity (Wildman–Crippen MR) is 505 cm³/mol. The molecule has 0 spiro atoms. The minimum atomic E-state index is 0. The highest BCUT2D eigenvalue weighted by Gasteiger charge is 2.26. The Morgan fingerprint density at radius 1 is 0.177 bits per heavy atom. The van der Waals surface area contributed by atoms with Crippen molar-refractivity contribution >= 4 is 173 Å². The SMILES string of the molecule is C.Cc1ccc2nc(C(C)(C)C)sc2c1.Cc1ccc2nc(C(C)(C)C)sc2c1.Cc1ccc2nc(C(C)(C)C)sc2c1.Cc1ccc2nc(C(C)(C)C)sc2c1.Cc1ccc2nc(C(C)(C)C)sc2c1.Cc1ccc2nc(C(C)(C)C)sc2n1.Cc1ccc2nc(C(C)(C)C)sc2n1.Cc1ccc2nc(C(C)(C)C)sc2n1. The molecule has 5 aromatic carbocycles. The fourth-order valence-corrected chi connectivity index (χ4v) is 19.2. The van der Waals surface area contributed by atoms with Crippen LogP contribution in [-0.2, 0) is 43.3 Å². The molecule has 11 aromatic heterocycles. The Kier molecular flexibility index (Phi) is 29.1. The molecule has 19 heteroatoms. The van der Waals surface area contributed by atoms with Crippen LogP contribution in [0.3, 0.4) is 0 Å². The van der Waals surface area contributed by atoms with E-state index in [-0.39, 0.29) is 50.7 Å². The van der Waals surface area contributed by atoms with Crippen molar-refractivity contribution in [3.8, 4) is 0 Å². The Bertz CT molecular complexity index is 4790. The van der Waals surface area contributed by atoms with E-state index < -0.39 is 0 Å². The van der Waals surface area contributed by atoms with E-state index in [1.807, 2.05) is 114 Å². The average Bonchev–Trinajstić information content (AvgIpc) is 1.73. The molecular weight excluding hydrogens is 1540 g/mol. The van der Waals surface area contributed by atoms with Gasteiger partial charge in [-0.05, 0) is 180 Å². The van der Waals surface area contributed by atoms with Gasteiger partial charge in [0.25, 0.3) is 0 Å². The Hall–Kier alpha value is -7.33. The van der Waals surface area contributed by atoms with Gasteiger partial charge in [-0.2, -0.15) is 0 Å². The maximum Gasteiger partial charge on any atom is 0.143 e. The summed E-state index contributed by atoms with van der Waals surface area (Å²) >= 11 is 14.1. The van der Waals surface area contributed by atoms with Crippen LogP contribution in [0.5, 0.6) is 0 Å². The van der Waals surface area contributed by atoms with E-state index in [2.05, 4.69) is 347 Å². The number of thiazole rings is 8. The van der Waals surface area contributed by atoms with Crippen LogP contribution in [0, 0.1) is 55.4 Å². The van der Waals surface area contributed by atoms with Gasteiger partial charge in [0.2, 0.25) is 0 Å². The van der Waals surface area contributed by atoms with Crippen LogP contribution in [0.1, 0.15) is 259 Å². The maximum atomic E-state index is 4.64. The molecule has 0 fully saturated rings. The first kappa shape index (κ1) is 91.2. The summed E-state index contributed by atoms with van der Waals surface area (Å²) in [5, 5.41) is 9.58. The molecule has 0 saturated carbocycles. The largest absolute Gasteiger partial charge is 0.241 e. The highest BCUT2D eigenvalue weighted by molar-refractivity contribution is 7.21. The molecule has 0 amide bonds. The Morgan fingerprint density at radius 3 is 0.478 bits per heavy atom. The van der Waals surface area contributed by atoms with Crippen LogP contribution in [0.2, 0.25) is 0 Å². The van der Waals surface area contributed by atoms with E-state index in [4.69, 9.17) is 0 Å². The summed E-state index contributed by atoms with van der Waals surface area (Å²) in [4.78, 5) is 53.5. The lowest BCUT2D eigenvalue weighted by Crippen LogP contribution is -2.09. The number of rotatable bonds is 0. The highest BCUT2D eigenvalue weighted by atomic mass is 32.1. The lowest BCUT2D eigenvalue weighted by Gasteiger charge is -2.13. The van der Waals surface area contributed by atoms with E-state index in [1.54, 1.807) is 34.0 Å². The van der Waals surface area contributed by atoms with Gasteiger partial charge in [0.05, 0.1) is 76.1 Å². The second kappa shape index (κ2) is 36.0. The summed E-state index contributed by atoms with van der Waals surface area (Å²) in [6.07, 6.45) is 0. The van der Waals surface area contributed by atoms with E-state index in [9.17, 15) is 0 Å². The number of pyridine rings is 3. The van der Waals surface area contributed by atoms with Gasteiger partial charge in [0.15, 0.2) is 0 Å². The van der Waals surface area contributed by atoms with E-state index in [0.717, 1.165) is 90.7 Å². The number of hydrogen-bond acceptors (Lipinski definition) is 19. The molecule has 16 rings (SSSR count). The zero-order valence-electron chi connectivity index (χ0n) is 72.3. The van der Waals surface area contributed by atoms with Gasteiger partial charge in [-0.3, -0.25) is 0 Å². The summed E-state index contributed by atoms with van der Waals surface area (Å²) in [5.74, 6) is 0. The molecule has 0 N–H and O–H groups in total. The molecule has 0 radical (unpaired) electrons. The second-order valence-electron chi connectivity index (χ2n) is 37.3. The number of benzene rings is 5. The molecule has 0 aliphatic heterocycles. The van der Waals surface area contributed by atoms with Crippen LogP contribution < -0.4 is 0 Å². The molecular formula is C94H121N11S8. The third-order valence-corrected chi connectivity index (χ3v) is 28.4. The molecule has 11 nitrogen and oxygen atoms in total. The van der Waals surface area contributed by atoms with E-state index in [0.29, 0.717) is 0 Å². The van der Waals surface area contributed by atoms with Crippen LogP contribution in [-0.4, -0.2) is 54.8 Å². The van der Waals surface area contributed by atoms with Gasteiger partial charge in [0, 0.05) is 60.4 Å². The first-order valence-corrected chi connectivity index (χ1v) is 44.9. The third-order valence-electron chi connectivity index (χ3n) is 17.0. The van der Waals surface area contributed by atoms with Crippen molar-refractivity contribution in [2.24, 2.45) is 0 Å². The van der Waals surface area contributed by atoms with Crippen LogP contribution in [0.15, 0.2) is 127 Å². The summed E-state index contributed by atoms with van der Waals surface area (Å²) < 4.78 is 6.50. The lowest BCUT2D eigenvalue weighted by molar-refractivity contribution is 0.586. The molecule has 600 valence electrons. The summed E-state index contributed by atoms with van der Waals surface area (Å²) in [6.45, 7) is 69.3. The molecule has 0 aliphatic rings. The van der Waals surface area contributed by atoms with Crippen LogP contribution in [0.4, 0.5) is 0 Å². The number of aromatic nitrogens is 11. The van der Waals surface area contributed by atoms with Gasteiger partial charge < -0.3 is 0 Å². The molecule has 16 aromatic rings. The lowest BCUT2D eigenvalue weighted by atomic mass is 9.98. The normalized spacial score (nSPS) is 12.2. The minimum absolute atomic E-state index is 0. The van der Waals surface area contributed by atoms with Crippen molar-refractivity contribution in [3.05, 3.63) is 212 Å². The van der Waals surface area contributed by atoms with Gasteiger partial charge >= 0.3 is 0 Å². The highest BCUT2D eigenvalue weighted by Crippen LogP contribution is 2.39. The zero-order valence-corrected chi connectivity index (χ0v) is 78.8. The molecule has 0 saturated heterocycles. The zero-order chi connectivity index (χ0) is 82.8. The fourth-order valence-electron chi connectivity index (χ4n) is 10.5. The van der Waals surface area contributed by atoms with Crippen LogP contribution in [0.25, 0.3) is 82.1 Å². The quantitative estimate of drug-likeness (QED) is 0.143. The predicted octanol–water partition coefficient (Wildman–Crippen LogP) is 30.0. The Morgan fingerprint density at radius 2 is 0.319 bits per heavy atom. The molecule has 0 aliphatic carbocycles.